The molecule has 9 nitrogen and oxygen atoms in total. The fourth-order valence-electron chi connectivity index (χ4n) is 3.83. The Kier molecular flexibility index (Phi) is 5.25. The molecule has 1 aliphatic heterocycles. The molecule has 10 heteroatoms. The summed E-state index contributed by atoms with van der Waals surface area (Å²) in [6.07, 6.45) is 1.51. The number of nitrogens with one attached hydrogen (secondary N) is 1. The van der Waals surface area contributed by atoms with Gasteiger partial charge in [-0.05, 0) is 32.3 Å². The number of rotatable bonds is 4. The molecule has 4 rings (SSSR count). The van der Waals surface area contributed by atoms with Crippen molar-refractivity contribution in [1.82, 2.24) is 9.55 Å². The zero-order valence-corrected chi connectivity index (χ0v) is 17.1. The number of aliphatic hydroxyl groups is 1. The molecule has 0 saturated heterocycles. The van der Waals surface area contributed by atoms with Crippen LogP contribution >= 0.6 is 7.82 Å². The van der Waals surface area contributed by atoms with Gasteiger partial charge in [-0.1, -0.05) is 18.2 Å². The molecule has 156 valence electrons. The first-order valence-corrected chi connectivity index (χ1v) is 10.9. The lowest BCUT2D eigenvalue weighted by Crippen LogP contribution is -2.32. The maximum absolute atomic E-state index is 12.9. The van der Waals surface area contributed by atoms with E-state index in [0.29, 0.717) is 24.2 Å². The van der Waals surface area contributed by atoms with Gasteiger partial charge in [-0.2, -0.15) is 0 Å². The lowest BCUT2D eigenvalue weighted by molar-refractivity contribution is 0.0715. The Balaban J connectivity index is 1.44. The van der Waals surface area contributed by atoms with Gasteiger partial charge < -0.3 is 9.63 Å². The molecule has 2 aromatic rings. The highest BCUT2D eigenvalue weighted by Gasteiger charge is 2.40. The minimum absolute atomic E-state index is 0.0345. The first-order chi connectivity index (χ1) is 13.8. The highest BCUT2D eigenvalue weighted by atomic mass is 31.2. The average Bonchev–Trinajstić information content (AvgIpc) is 3.04. The van der Waals surface area contributed by atoms with E-state index in [4.69, 9.17) is 13.6 Å². The van der Waals surface area contributed by atoms with Crippen LogP contribution in [-0.2, 0) is 20.2 Å². The lowest BCUT2D eigenvalue weighted by Gasteiger charge is -2.27. The molecule has 1 fully saturated rings. The molecule has 29 heavy (non-hydrogen) atoms. The SMILES string of the molecule is Cc1cccc2c1OP(=O)(OC[C@H]1C[C@H](n3cc(C)c(=O)[nH]c3=O)C[C@@H]1O)OC2. The molecule has 1 aromatic heterocycles. The number of hydrogen-bond acceptors (Lipinski definition) is 7. The molecular formula is C19H23N2O7P. The zero-order valence-electron chi connectivity index (χ0n) is 16.2. The first-order valence-electron chi connectivity index (χ1n) is 9.43. The van der Waals surface area contributed by atoms with Crippen LogP contribution in [0.15, 0.2) is 34.0 Å². The normalized spacial score (nSPS) is 28.7. The van der Waals surface area contributed by atoms with Crippen molar-refractivity contribution in [1.29, 1.82) is 0 Å². The van der Waals surface area contributed by atoms with Crippen molar-refractivity contribution >= 4 is 7.82 Å². The third-order valence-electron chi connectivity index (χ3n) is 5.49. The van der Waals surface area contributed by atoms with Crippen LogP contribution in [0.4, 0.5) is 0 Å². The summed E-state index contributed by atoms with van der Waals surface area (Å²) in [6, 6.07) is 5.26. The smallest absolute Gasteiger partial charge is 0.403 e. The fourth-order valence-corrected chi connectivity index (χ4v) is 5.17. The molecule has 1 aliphatic carbocycles. The van der Waals surface area contributed by atoms with Crippen LogP contribution in [0.1, 0.15) is 35.6 Å². The van der Waals surface area contributed by atoms with E-state index in [2.05, 4.69) is 4.98 Å². The fraction of sp³-hybridized carbons (Fsp3) is 0.474. The van der Waals surface area contributed by atoms with Gasteiger partial charge in [0, 0.05) is 29.3 Å². The second-order valence-corrected chi connectivity index (χ2v) is 9.20. The van der Waals surface area contributed by atoms with Crippen LogP contribution in [0.2, 0.25) is 0 Å². The quantitative estimate of drug-likeness (QED) is 0.725. The summed E-state index contributed by atoms with van der Waals surface area (Å²) < 4.78 is 30.7. The number of benzene rings is 1. The number of aryl methyl sites for hydroxylation is 2. The van der Waals surface area contributed by atoms with Crippen molar-refractivity contribution in [2.75, 3.05) is 6.61 Å². The topological polar surface area (TPSA) is 120 Å². The van der Waals surface area contributed by atoms with E-state index in [1.165, 1.54) is 10.8 Å². The number of aromatic nitrogens is 2. The average molecular weight is 422 g/mol. The first kappa shape index (κ1) is 20.1. The molecule has 1 aromatic carbocycles. The molecule has 2 aliphatic rings. The number of nitrogens with zero attached hydrogens (tertiary/aromatic N) is 1. The van der Waals surface area contributed by atoms with E-state index in [9.17, 15) is 19.3 Å². The maximum atomic E-state index is 12.9. The van der Waals surface area contributed by atoms with Crippen LogP contribution in [-0.4, -0.2) is 27.4 Å². The summed E-state index contributed by atoms with van der Waals surface area (Å²) >= 11 is 0. The van der Waals surface area contributed by atoms with Crippen LogP contribution in [0, 0.1) is 19.8 Å². The van der Waals surface area contributed by atoms with Crippen molar-refractivity contribution in [2.45, 2.75) is 45.4 Å². The lowest BCUT2D eigenvalue weighted by atomic mass is 10.1. The number of aliphatic hydroxyl groups excluding tert-OH is 1. The summed E-state index contributed by atoms with van der Waals surface area (Å²) in [7, 11) is -3.79. The van der Waals surface area contributed by atoms with Crippen molar-refractivity contribution in [3.05, 3.63) is 61.9 Å². The number of H-pyrrole nitrogens is 1. The molecular weight excluding hydrogens is 399 g/mol. The number of para-hydroxylation sites is 1. The predicted octanol–water partition coefficient (Wildman–Crippen LogP) is 2.20. The second kappa shape index (κ2) is 7.57. The zero-order chi connectivity index (χ0) is 20.8. The van der Waals surface area contributed by atoms with Gasteiger partial charge in [-0.3, -0.25) is 23.4 Å². The minimum Gasteiger partial charge on any atom is -0.403 e. The Labute approximate surface area is 166 Å². The molecule has 0 spiro atoms. The van der Waals surface area contributed by atoms with Gasteiger partial charge >= 0.3 is 13.5 Å². The summed E-state index contributed by atoms with van der Waals surface area (Å²) in [5.74, 6) is 0.151. The summed E-state index contributed by atoms with van der Waals surface area (Å²) in [5.41, 5.74) is 1.11. The Bertz CT molecular complexity index is 1090. The van der Waals surface area contributed by atoms with Gasteiger partial charge in [0.25, 0.3) is 5.56 Å². The third-order valence-corrected chi connectivity index (χ3v) is 6.81. The van der Waals surface area contributed by atoms with Crippen LogP contribution in [0.3, 0.4) is 0 Å². The van der Waals surface area contributed by atoms with Gasteiger partial charge in [-0.25, -0.2) is 9.36 Å². The van der Waals surface area contributed by atoms with E-state index < -0.39 is 25.2 Å². The Morgan fingerprint density at radius 1 is 1.28 bits per heavy atom. The second-order valence-electron chi connectivity index (χ2n) is 7.60. The van der Waals surface area contributed by atoms with Crippen LogP contribution < -0.4 is 15.8 Å². The Morgan fingerprint density at radius 2 is 2.07 bits per heavy atom. The summed E-state index contributed by atoms with van der Waals surface area (Å²) in [6.45, 7) is 3.55. The molecule has 2 N–H and O–H groups in total. The highest BCUT2D eigenvalue weighted by Crippen LogP contribution is 2.56. The number of phosphoric acid groups is 1. The summed E-state index contributed by atoms with van der Waals surface area (Å²) in [5, 5.41) is 10.4. The van der Waals surface area contributed by atoms with Crippen molar-refractivity contribution in [2.24, 2.45) is 5.92 Å². The minimum atomic E-state index is -3.79. The molecule has 4 atom stereocenters. The molecule has 0 radical (unpaired) electrons. The van der Waals surface area contributed by atoms with Crippen LogP contribution in [0.25, 0.3) is 0 Å². The van der Waals surface area contributed by atoms with E-state index >= 15 is 0 Å². The molecule has 0 bridgehead atoms. The van der Waals surface area contributed by atoms with Gasteiger partial charge in [0.1, 0.15) is 5.75 Å². The Hall–Kier alpha value is -2.19. The number of hydrogen-bond donors (Lipinski definition) is 2. The Morgan fingerprint density at radius 3 is 2.86 bits per heavy atom. The van der Waals surface area contributed by atoms with Gasteiger partial charge in [-0.15, -0.1) is 0 Å². The highest BCUT2D eigenvalue weighted by molar-refractivity contribution is 7.49. The number of fused-ring (bicyclic) bond motifs is 1. The molecule has 1 unspecified atom stereocenters. The van der Waals surface area contributed by atoms with E-state index in [0.717, 1.165) is 11.1 Å². The summed E-state index contributed by atoms with van der Waals surface area (Å²) in [4.78, 5) is 25.9. The van der Waals surface area contributed by atoms with E-state index in [1.54, 1.807) is 6.92 Å². The maximum Gasteiger partial charge on any atom is 0.530 e. The van der Waals surface area contributed by atoms with Gasteiger partial charge in [0.15, 0.2) is 0 Å². The predicted molar refractivity (Wildman–Crippen MR) is 104 cm³/mol. The number of phosphoric ester groups is 1. The molecule has 0 amide bonds. The van der Waals surface area contributed by atoms with Crippen molar-refractivity contribution in [3.63, 3.8) is 0 Å². The van der Waals surface area contributed by atoms with E-state index in [1.807, 2.05) is 25.1 Å². The largest absolute Gasteiger partial charge is 0.530 e. The standard InChI is InChI=1S/C19H23N2O7P/c1-11-4-3-5-13-9-26-29(25,28-17(11)13)27-10-14-6-15(7-16(14)22)21-8-12(2)18(23)20-19(21)24/h3-5,8,14-16,22H,6-7,9-10H2,1-2H3,(H,20,23,24)/t14-,15+,16+,29?/m1/s1. The third kappa shape index (κ3) is 3.96. The van der Waals surface area contributed by atoms with E-state index in [-0.39, 0.29) is 25.2 Å². The molecule has 2 heterocycles. The van der Waals surface area contributed by atoms with Gasteiger partial charge in [0.2, 0.25) is 0 Å². The van der Waals surface area contributed by atoms with Crippen LogP contribution in [0.5, 0.6) is 5.75 Å². The molecule has 1 saturated carbocycles. The number of aromatic amines is 1. The van der Waals surface area contributed by atoms with Crippen molar-refractivity contribution in [3.8, 4) is 5.75 Å². The monoisotopic (exact) mass is 422 g/mol. The van der Waals surface area contributed by atoms with Crippen molar-refractivity contribution < 1.29 is 23.2 Å². The van der Waals surface area contributed by atoms with Gasteiger partial charge in [0.05, 0.1) is 19.3 Å².